The highest BCUT2D eigenvalue weighted by Gasteiger charge is 2.12. The zero-order valence-electron chi connectivity index (χ0n) is 10.1. The molecule has 0 spiro atoms. The minimum absolute atomic E-state index is 0.304. The molecule has 1 unspecified atom stereocenters. The van der Waals surface area contributed by atoms with Gasteiger partial charge in [-0.2, -0.15) is 5.10 Å². The second-order valence-electron chi connectivity index (χ2n) is 4.06. The summed E-state index contributed by atoms with van der Waals surface area (Å²) in [4.78, 5) is 5.74. The summed E-state index contributed by atoms with van der Waals surface area (Å²) in [5, 5.41) is 9.82. The molecule has 0 fully saturated rings. The summed E-state index contributed by atoms with van der Waals surface area (Å²) in [7, 11) is 0. The molecule has 3 heterocycles. The van der Waals surface area contributed by atoms with Gasteiger partial charge in [0.15, 0.2) is 5.82 Å². The van der Waals surface area contributed by atoms with Crippen LogP contribution in [0.4, 0.5) is 5.82 Å². The minimum Gasteiger partial charge on any atom is -0.361 e. The van der Waals surface area contributed by atoms with E-state index in [9.17, 15) is 0 Å². The number of hydrogen-bond acceptors (Lipinski definition) is 4. The Labute approximate surface area is 109 Å². The molecule has 0 radical (unpaired) electrons. The van der Waals surface area contributed by atoms with E-state index in [-0.39, 0.29) is 0 Å². The summed E-state index contributed by atoms with van der Waals surface area (Å²) in [5.41, 5.74) is 1.01. The Kier molecular flexibility index (Phi) is 2.98. The number of anilines is 1. The van der Waals surface area contributed by atoms with Crippen LogP contribution in [0.15, 0.2) is 42.2 Å². The van der Waals surface area contributed by atoms with Crippen molar-refractivity contribution >= 4 is 22.7 Å². The van der Waals surface area contributed by atoms with Crippen LogP contribution in [0.5, 0.6) is 0 Å². The third kappa shape index (κ3) is 1.97. The van der Waals surface area contributed by atoms with E-state index >= 15 is 0 Å². The van der Waals surface area contributed by atoms with E-state index in [1.807, 2.05) is 16.8 Å². The Balaban J connectivity index is 1.93. The maximum Gasteiger partial charge on any atom is 0.152 e. The van der Waals surface area contributed by atoms with Crippen LogP contribution >= 0.6 is 11.3 Å². The van der Waals surface area contributed by atoms with Crippen LogP contribution < -0.4 is 5.32 Å². The highest BCUT2D eigenvalue weighted by atomic mass is 32.1. The van der Waals surface area contributed by atoms with Gasteiger partial charge in [0.1, 0.15) is 5.52 Å². The Morgan fingerprint density at radius 1 is 1.39 bits per heavy atom. The molecule has 1 atom stereocenters. The average molecular weight is 258 g/mol. The van der Waals surface area contributed by atoms with Crippen molar-refractivity contribution < 1.29 is 0 Å². The molecule has 0 saturated carbocycles. The Morgan fingerprint density at radius 2 is 2.33 bits per heavy atom. The quantitative estimate of drug-likeness (QED) is 0.780. The van der Waals surface area contributed by atoms with Gasteiger partial charge in [-0.25, -0.2) is 9.50 Å². The van der Waals surface area contributed by atoms with Gasteiger partial charge in [0, 0.05) is 17.3 Å². The van der Waals surface area contributed by atoms with Gasteiger partial charge >= 0.3 is 0 Å². The van der Waals surface area contributed by atoms with Crippen molar-refractivity contribution in [3.05, 3.63) is 47.0 Å². The second kappa shape index (κ2) is 4.78. The van der Waals surface area contributed by atoms with E-state index in [0.29, 0.717) is 6.04 Å². The fraction of sp³-hybridized carbons (Fsp3) is 0.231. The third-order valence-electron chi connectivity index (χ3n) is 2.93. The van der Waals surface area contributed by atoms with Crippen molar-refractivity contribution in [1.82, 2.24) is 14.6 Å². The van der Waals surface area contributed by atoms with Crippen LogP contribution in [0.1, 0.15) is 24.3 Å². The van der Waals surface area contributed by atoms with Crippen molar-refractivity contribution in [2.75, 3.05) is 5.32 Å². The predicted molar refractivity (Wildman–Crippen MR) is 74.0 cm³/mol. The summed E-state index contributed by atoms with van der Waals surface area (Å²) >= 11 is 1.77. The first-order valence-corrected chi connectivity index (χ1v) is 6.84. The molecule has 0 aromatic carbocycles. The molecule has 0 saturated heterocycles. The van der Waals surface area contributed by atoms with Gasteiger partial charge in [0.05, 0.1) is 12.2 Å². The van der Waals surface area contributed by atoms with Gasteiger partial charge in [-0.15, -0.1) is 11.3 Å². The molecular formula is C13H14N4S. The van der Waals surface area contributed by atoms with E-state index < -0.39 is 0 Å². The molecule has 0 aliphatic rings. The number of rotatable bonds is 4. The number of fused-ring (bicyclic) bond motifs is 1. The van der Waals surface area contributed by atoms with Gasteiger partial charge in [-0.1, -0.05) is 13.0 Å². The van der Waals surface area contributed by atoms with Crippen LogP contribution in [0, 0.1) is 0 Å². The molecule has 3 rings (SSSR count). The molecule has 4 nitrogen and oxygen atoms in total. The summed E-state index contributed by atoms with van der Waals surface area (Å²) in [6.07, 6.45) is 6.43. The second-order valence-corrected chi connectivity index (χ2v) is 5.04. The normalized spacial score (nSPS) is 12.7. The van der Waals surface area contributed by atoms with Gasteiger partial charge in [0.2, 0.25) is 0 Å². The monoisotopic (exact) mass is 258 g/mol. The molecule has 0 bridgehead atoms. The lowest BCUT2D eigenvalue weighted by molar-refractivity contribution is 0.758. The standard InChI is InChI=1S/C13H14N4S/c1-2-10(12-4-3-9-18-12)16-13-11-5-6-15-17(11)8-7-14-13/h3-10H,2H2,1H3,(H,14,16). The van der Waals surface area contributed by atoms with Crippen LogP contribution in [-0.4, -0.2) is 14.6 Å². The fourth-order valence-electron chi connectivity index (χ4n) is 2.00. The lowest BCUT2D eigenvalue weighted by atomic mass is 10.2. The molecular weight excluding hydrogens is 244 g/mol. The smallest absolute Gasteiger partial charge is 0.152 e. The maximum absolute atomic E-state index is 4.41. The van der Waals surface area contributed by atoms with Crippen molar-refractivity contribution in [1.29, 1.82) is 0 Å². The summed E-state index contributed by atoms with van der Waals surface area (Å²) in [6, 6.07) is 6.51. The molecule has 1 N–H and O–H groups in total. The molecule has 5 heteroatoms. The van der Waals surface area contributed by atoms with E-state index in [2.05, 4.69) is 39.8 Å². The molecule has 18 heavy (non-hydrogen) atoms. The van der Waals surface area contributed by atoms with Gasteiger partial charge in [-0.3, -0.25) is 0 Å². The third-order valence-corrected chi connectivity index (χ3v) is 3.92. The zero-order chi connectivity index (χ0) is 12.4. The molecule has 0 amide bonds. The zero-order valence-corrected chi connectivity index (χ0v) is 10.9. The van der Waals surface area contributed by atoms with Crippen molar-refractivity contribution in [3.63, 3.8) is 0 Å². The lowest BCUT2D eigenvalue weighted by Gasteiger charge is -2.16. The number of thiophene rings is 1. The Bertz CT molecular complexity index is 629. The summed E-state index contributed by atoms with van der Waals surface area (Å²) in [6.45, 7) is 2.17. The molecule has 3 aromatic heterocycles. The number of hydrogen-bond donors (Lipinski definition) is 1. The van der Waals surface area contributed by atoms with Gasteiger partial charge < -0.3 is 5.32 Å². The average Bonchev–Trinajstić information content (AvgIpc) is 3.06. The molecule has 3 aromatic rings. The van der Waals surface area contributed by atoms with E-state index in [4.69, 9.17) is 0 Å². The lowest BCUT2D eigenvalue weighted by Crippen LogP contribution is -2.10. The van der Waals surface area contributed by atoms with Crippen LogP contribution in [0.3, 0.4) is 0 Å². The highest BCUT2D eigenvalue weighted by Crippen LogP contribution is 2.26. The van der Waals surface area contributed by atoms with Crippen LogP contribution in [0.25, 0.3) is 5.52 Å². The SMILES string of the molecule is CCC(Nc1nccn2nccc12)c1cccs1. The van der Waals surface area contributed by atoms with Crippen LogP contribution in [0.2, 0.25) is 0 Å². The summed E-state index contributed by atoms with van der Waals surface area (Å²) in [5.74, 6) is 0.884. The van der Waals surface area contributed by atoms with E-state index in [1.165, 1.54) is 4.88 Å². The minimum atomic E-state index is 0.304. The topological polar surface area (TPSA) is 42.2 Å². The number of nitrogens with one attached hydrogen (secondary N) is 1. The van der Waals surface area contributed by atoms with Gasteiger partial charge in [0.25, 0.3) is 0 Å². The fourth-order valence-corrected chi connectivity index (χ4v) is 2.86. The number of aromatic nitrogens is 3. The Morgan fingerprint density at radius 3 is 3.11 bits per heavy atom. The van der Waals surface area contributed by atoms with Crippen molar-refractivity contribution in [2.45, 2.75) is 19.4 Å². The Hall–Kier alpha value is -1.88. The molecule has 0 aliphatic heterocycles. The highest BCUT2D eigenvalue weighted by molar-refractivity contribution is 7.10. The first-order valence-electron chi connectivity index (χ1n) is 5.97. The van der Waals surface area contributed by atoms with Crippen molar-refractivity contribution in [2.24, 2.45) is 0 Å². The molecule has 92 valence electrons. The largest absolute Gasteiger partial charge is 0.361 e. The van der Waals surface area contributed by atoms with Gasteiger partial charge in [-0.05, 0) is 23.9 Å². The number of nitrogens with zero attached hydrogens (tertiary/aromatic N) is 3. The predicted octanol–water partition coefficient (Wildman–Crippen LogP) is 3.35. The first kappa shape index (κ1) is 11.2. The summed E-state index contributed by atoms with van der Waals surface area (Å²) < 4.78 is 1.83. The van der Waals surface area contributed by atoms with Crippen molar-refractivity contribution in [3.8, 4) is 0 Å². The maximum atomic E-state index is 4.41. The van der Waals surface area contributed by atoms with E-state index in [0.717, 1.165) is 17.8 Å². The first-order chi connectivity index (χ1) is 8.88. The molecule has 0 aliphatic carbocycles. The van der Waals surface area contributed by atoms with Crippen LogP contribution in [-0.2, 0) is 0 Å². The van der Waals surface area contributed by atoms with E-state index in [1.54, 1.807) is 23.7 Å².